The number of rotatable bonds is 7. The van der Waals surface area contributed by atoms with Gasteiger partial charge in [-0.25, -0.2) is 8.78 Å². The van der Waals surface area contributed by atoms with Crippen molar-refractivity contribution < 1.29 is 13.9 Å². The van der Waals surface area contributed by atoms with Gasteiger partial charge in [-0.3, -0.25) is 0 Å². The van der Waals surface area contributed by atoms with Crippen LogP contribution in [0.3, 0.4) is 0 Å². The number of alkyl halides is 2. The van der Waals surface area contributed by atoms with Gasteiger partial charge in [0, 0.05) is 0 Å². The molecule has 0 saturated carbocycles. The highest BCUT2D eigenvalue weighted by Gasteiger charge is 2.26. The van der Waals surface area contributed by atoms with E-state index < -0.39 is 24.5 Å². The molecule has 0 fully saturated rings. The highest BCUT2D eigenvalue weighted by molar-refractivity contribution is 4.91. The van der Waals surface area contributed by atoms with Crippen molar-refractivity contribution in [1.29, 1.82) is 5.26 Å². The Bertz CT molecular complexity index is 224. The van der Waals surface area contributed by atoms with E-state index in [2.05, 4.69) is 11.4 Å². The van der Waals surface area contributed by atoms with Crippen LogP contribution in [0.2, 0.25) is 0 Å². The largest absolute Gasteiger partial charge is 0.390 e. The second-order valence-corrected chi connectivity index (χ2v) is 4.29. The second kappa shape index (κ2) is 5.99. The lowest BCUT2D eigenvalue weighted by Crippen LogP contribution is -2.36. The molecule has 0 aliphatic heterocycles. The van der Waals surface area contributed by atoms with Crippen molar-refractivity contribution in [1.82, 2.24) is 5.32 Å². The van der Waals surface area contributed by atoms with Crippen LogP contribution < -0.4 is 5.32 Å². The first-order chi connectivity index (χ1) is 6.83. The Morgan fingerprint density at radius 2 is 2.00 bits per heavy atom. The van der Waals surface area contributed by atoms with Gasteiger partial charge in [0.1, 0.15) is 6.61 Å². The molecule has 0 aromatic carbocycles. The van der Waals surface area contributed by atoms with Crippen molar-refractivity contribution in [2.75, 3.05) is 19.7 Å². The molecule has 0 bridgehead atoms. The second-order valence-electron chi connectivity index (χ2n) is 4.29. The van der Waals surface area contributed by atoms with Gasteiger partial charge in [0.25, 0.3) is 5.92 Å². The van der Waals surface area contributed by atoms with E-state index in [0.717, 1.165) is 0 Å². The molecule has 0 aromatic rings. The lowest BCUT2D eigenvalue weighted by Gasteiger charge is -2.16. The van der Waals surface area contributed by atoms with Gasteiger partial charge in [-0.2, -0.15) is 5.26 Å². The average molecular weight is 220 g/mol. The standard InChI is InChI=1S/C10H18F2N2O/c1-9(2,6-13)4-3-5-14-7-10(11,12)8-15/h14-15H,3-5,7-8H2,1-2H3. The molecule has 0 rings (SSSR count). The molecule has 0 saturated heterocycles. The minimum Gasteiger partial charge on any atom is -0.390 e. The van der Waals surface area contributed by atoms with Gasteiger partial charge in [-0.05, 0) is 33.2 Å². The quantitative estimate of drug-likeness (QED) is 0.640. The molecule has 3 nitrogen and oxygen atoms in total. The van der Waals surface area contributed by atoms with E-state index in [4.69, 9.17) is 10.4 Å². The molecule has 88 valence electrons. The number of halogens is 2. The SMILES string of the molecule is CC(C)(C#N)CCCNCC(F)(F)CO. The smallest absolute Gasteiger partial charge is 0.282 e. The first-order valence-corrected chi connectivity index (χ1v) is 4.94. The summed E-state index contributed by atoms with van der Waals surface area (Å²) in [5, 5.41) is 19.5. The maximum absolute atomic E-state index is 12.5. The fraction of sp³-hybridized carbons (Fsp3) is 0.900. The molecule has 0 aliphatic rings. The minimum atomic E-state index is -3.05. The molecule has 2 N–H and O–H groups in total. The monoisotopic (exact) mass is 220 g/mol. The van der Waals surface area contributed by atoms with E-state index in [1.54, 1.807) is 0 Å². The Kier molecular flexibility index (Phi) is 5.69. The average Bonchev–Trinajstić information content (AvgIpc) is 2.17. The van der Waals surface area contributed by atoms with Crippen LogP contribution in [-0.2, 0) is 0 Å². The van der Waals surface area contributed by atoms with Gasteiger partial charge in [-0.15, -0.1) is 0 Å². The van der Waals surface area contributed by atoms with Gasteiger partial charge in [0.05, 0.1) is 18.0 Å². The van der Waals surface area contributed by atoms with Gasteiger partial charge >= 0.3 is 0 Å². The zero-order valence-corrected chi connectivity index (χ0v) is 9.19. The molecule has 15 heavy (non-hydrogen) atoms. The molecule has 0 aromatic heterocycles. The summed E-state index contributed by atoms with van der Waals surface area (Å²) in [7, 11) is 0. The maximum Gasteiger partial charge on any atom is 0.282 e. The Morgan fingerprint density at radius 3 is 2.47 bits per heavy atom. The molecular formula is C10H18F2N2O. The zero-order valence-electron chi connectivity index (χ0n) is 9.19. The van der Waals surface area contributed by atoms with Crippen LogP contribution >= 0.6 is 0 Å². The van der Waals surface area contributed by atoms with Crippen LogP contribution in [-0.4, -0.2) is 30.7 Å². The Morgan fingerprint density at radius 1 is 1.40 bits per heavy atom. The topological polar surface area (TPSA) is 56.0 Å². The van der Waals surface area contributed by atoms with E-state index in [-0.39, 0.29) is 0 Å². The fourth-order valence-electron chi connectivity index (χ4n) is 1.04. The molecule has 0 heterocycles. The highest BCUT2D eigenvalue weighted by Crippen LogP contribution is 2.20. The van der Waals surface area contributed by atoms with Crippen molar-refractivity contribution in [2.24, 2.45) is 5.41 Å². The summed E-state index contributed by atoms with van der Waals surface area (Å²) in [4.78, 5) is 0. The van der Waals surface area contributed by atoms with Gasteiger partial charge < -0.3 is 10.4 Å². The molecule has 0 spiro atoms. The van der Waals surface area contributed by atoms with E-state index in [1.807, 2.05) is 13.8 Å². The van der Waals surface area contributed by atoms with E-state index in [1.165, 1.54) is 0 Å². The number of nitrogens with one attached hydrogen (secondary N) is 1. The van der Waals surface area contributed by atoms with Crippen molar-refractivity contribution in [2.45, 2.75) is 32.6 Å². The highest BCUT2D eigenvalue weighted by atomic mass is 19.3. The summed E-state index contributed by atoms with van der Waals surface area (Å²) in [5.74, 6) is -3.05. The molecule has 0 radical (unpaired) electrons. The maximum atomic E-state index is 12.5. The van der Waals surface area contributed by atoms with Crippen LogP contribution in [0.4, 0.5) is 8.78 Å². The van der Waals surface area contributed by atoms with Crippen LogP contribution in [0.5, 0.6) is 0 Å². The summed E-state index contributed by atoms with van der Waals surface area (Å²) >= 11 is 0. The van der Waals surface area contributed by atoms with Crippen LogP contribution in [0, 0.1) is 16.7 Å². The third kappa shape index (κ3) is 7.23. The normalized spacial score (nSPS) is 12.5. The Balaban J connectivity index is 3.54. The number of aliphatic hydroxyl groups excluding tert-OH is 1. The predicted molar refractivity (Wildman–Crippen MR) is 53.5 cm³/mol. The van der Waals surface area contributed by atoms with Crippen molar-refractivity contribution >= 4 is 0 Å². The third-order valence-corrected chi connectivity index (χ3v) is 2.07. The predicted octanol–water partition coefficient (Wildman–Crippen LogP) is 1.53. The Hall–Kier alpha value is -0.730. The van der Waals surface area contributed by atoms with Gasteiger partial charge in [0.2, 0.25) is 0 Å². The van der Waals surface area contributed by atoms with Crippen molar-refractivity contribution in [3.63, 3.8) is 0 Å². The zero-order chi connectivity index (χ0) is 11.9. The van der Waals surface area contributed by atoms with E-state index in [0.29, 0.717) is 19.4 Å². The van der Waals surface area contributed by atoms with Gasteiger partial charge in [-0.1, -0.05) is 0 Å². The molecule has 0 amide bonds. The first kappa shape index (κ1) is 14.3. The van der Waals surface area contributed by atoms with Crippen molar-refractivity contribution in [3.8, 4) is 6.07 Å². The fourth-order valence-corrected chi connectivity index (χ4v) is 1.04. The summed E-state index contributed by atoms with van der Waals surface area (Å²) in [6.07, 6.45) is 1.34. The van der Waals surface area contributed by atoms with Crippen LogP contribution in [0.15, 0.2) is 0 Å². The van der Waals surface area contributed by atoms with E-state index >= 15 is 0 Å². The molecule has 5 heteroatoms. The van der Waals surface area contributed by atoms with Crippen LogP contribution in [0.1, 0.15) is 26.7 Å². The van der Waals surface area contributed by atoms with Gasteiger partial charge in [0.15, 0.2) is 0 Å². The van der Waals surface area contributed by atoms with Crippen LogP contribution in [0.25, 0.3) is 0 Å². The number of hydrogen-bond acceptors (Lipinski definition) is 3. The number of aliphatic hydroxyl groups is 1. The number of nitrogens with zero attached hydrogens (tertiary/aromatic N) is 1. The van der Waals surface area contributed by atoms with Crippen molar-refractivity contribution in [3.05, 3.63) is 0 Å². The lowest BCUT2D eigenvalue weighted by molar-refractivity contribution is -0.0474. The third-order valence-electron chi connectivity index (χ3n) is 2.07. The minimum absolute atomic E-state index is 0.402. The molecule has 0 atom stereocenters. The molecular weight excluding hydrogens is 202 g/mol. The Labute approximate surface area is 89.1 Å². The lowest BCUT2D eigenvalue weighted by atomic mass is 9.90. The molecule has 0 unspecified atom stereocenters. The number of nitriles is 1. The number of hydrogen-bond donors (Lipinski definition) is 2. The summed E-state index contributed by atoms with van der Waals surface area (Å²) in [6, 6.07) is 2.14. The summed E-state index contributed by atoms with van der Waals surface area (Å²) < 4.78 is 25.0. The van der Waals surface area contributed by atoms with E-state index in [9.17, 15) is 8.78 Å². The first-order valence-electron chi connectivity index (χ1n) is 4.94. The summed E-state index contributed by atoms with van der Waals surface area (Å²) in [6.45, 7) is 2.41. The summed E-state index contributed by atoms with van der Waals surface area (Å²) in [5.41, 5.74) is -0.402. The molecule has 0 aliphatic carbocycles.